The Morgan fingerprint density at radius 3 is 2.77 bits per heavy atom. The van der Waals surface area contributed by atoms with E-state index in [0.717, 1.165) is 42.0 Å². The number of carbonyl (C=O) groups excluding carboxylic acids is 1. The first-order chi connectivity index (χ1) is 14.7. The highest BCUT2D eigenvalue weighted by Crippen LogP contribution is 2.30. The number of benzene rings is 2. The Morgan fingerprint density at radius 2 is 2.00 bits per heavy atom. The molecule has 0 unspecified atom stereocenters. The molecule has 1 aliphatic rings. The zero-order valence-electron chi connectivity index (χ0n) is 17.6. The zero-order valence-corrected chi connectivity index (χ0v) is 17.6. The van der Waals surface area contributed by atoms with Crippen molar-refractivity contribution in [3.05, 3.63) is 72.6 Å². The lowest BCUT2D eigenvalue weighted by Gasteiger charge is -2.16. The topological polar surface area (TPSA) is 47.4 Å². The second kappa shape index (κ2) is 9.16. The van der Waals surface area contributed by atoms with Gasteiger partial charge in [0.25, 0.3) is 0 Å². The number of para-hydroxylation sites is 2. The fourth-order valence-corrected chi connectivity index (χ4v) is 4.15. The number of fused-ring (bicyclic) bond motifs is 1. The first-order valence-corrected chi connectivity index (χ1v) is 10.7. The van der Waals surface area contributed by atoms with Gasteiger partial charge in [-0.05, 0) is 42.7 Å². The van der Waals surface area contributed by atoms with Crippen LogP contribution in [0.2, 0.25) is 0 Å². The highest BCUT2D eigenvalue weighted by Gasteiger charge is 2.33. The SMILES string of the molecule is C=CCN1C[C@H](c2nc3ccccc3n2CCCOc2ccc(CC)cc2)CC1=O. The van der Waals surface area contributed by atoms with E-state index in [2.05, 4.69) is 36.3 Å². The smallest absolute Gasteiger partial charge is 0.223 e. The number of likely N-dealkylation sites (tertiary alicyclic amines) is 1. The minimum absolute atomic E-state index is 0.118. The minimum Gasteiger partial charge on any atom is -0.494 e. The van der Waals surface area contributed by atoms with Gasteiger partial charge >= 0.3 is 0 Å². The molecule has 0 bridgehead atoms. The summed E-state index contributed by atoms with van der Waals surface area (Å²) in [5.41, 5.74) is 3.42. The summed E-state index contributed by atoms with van der Waals surface area (Å²) in [6, 6.07) is 16.5. The van der Waals surface area contributed by atoms with Crippen LogP contribution in [0, 0.1) is 0 Å². The number of aryl methyl sites for hydroxylation is 2. The summed E-state index contributed by atoms with van der Waals surface area (Å²) in [5, 5.41) is 0. The van der Waals surface area contributed by atoms with Gasteiger partial charge in [0.2, 0.25) is 5.91 Å². The van der Waals surface area contributed by atoms with Crippen molar-refractivity contribution < 1.29 is 9.53 Å². The number of carbonyl (C=O) groups is 1. The number of amides is 1. The number of hydrogen-bond acceptors (Lipinski definition) is 3. The molecule has 0 saturated carbocycles. The molecule has 3 aromatic rings. The molecule has 0 aliphatic carbocycles. The van der Waals surface area contributed by atoms with Crippen molar-refractivity contribution in [2.75, 3.05) is 19.7 Å². The molecule has 5 nitrogen and oxygen atoms in total. The van der Waals surface area contributed by atoms with Crippen molar-refractivity contribution in [2.45, 2.75) is 38.6 Å². The molecular formula is C25H29N3O2. The van der Waals surface area contributed by atoms with Gasteiger partial charge in [0.05, 0.1) is 17.6 Å². The number of nitrogens with zero attached hydrogens (tertiary/aromatic N) is 3. The van der Waals surface area contributed by atoms with Crippen LogP contribution in [-0.2, 0) is 17.8 Å². The van der Waals surface area contributed by atoms with Crippen LogP contribution < -0.4 is 4.74 Å². The first-order valence-electron chi connectivity index (χ1n) is 10.7. The van der Waals surface area contributed by atoms with Crippen molar-refractivity contribution >= 4 is 16.9 Å². The van der Waals surface area contributed by atoms with E-state index >= 15 is 0 Å². The number of imidazole rings is 1. The van der Waals surface area contributed by atoms with Crippen LogP contribution in [0.3, 0.4) is 0 Å². The average molecular weight is 404 g/mol. The summed E-state index contributed by atoms with van der Waals surface area (Å²) < 4.78 is 8.21. The summed E-state index contributed by atoms with van der Waals surface area (Å²) in [5.74, 6) is 2.21. The Bertz CT molecular complexity index is 1020. The maximum atomic E-state index is 12.4. The van der Waals surface area contributed by atoms with Gasteiger partial charge in [-0.2, -0.15) is 0 Å². The predicted molar refractivity (Wildman–Crippen MR) is 120 cm³/mol. The molecule has 5 heteroatoms. The Kier molecular flexibility index (Phi) is 6.17. The molecule has 1 aliphatic heterocycles. The van der Waals surface area contributed by atoms with E-state index in [1.165, 1.54) is 5.56 Å². The Morgan fingerprint density at radius 1 is 1.20 bits per heavy atom. The van der Waals surface area contributed by atoms with Crippen LogP contribution >= 0.6 is 0 Å². The van der Waals surface area contributed by atoms with Crippen LogP contribution in [0.5, 0.6) is 5.75 Å². The van der Waals surface area contributed by atoms with E-state index in [-0.39, 0.29) is 11.8 Å². The van der Waals surface area contributed by atoms with Gasteiger partial charge in [-0.3, -0.25) is 4.79 Å². The van der Waals surface area contributed by atoms with Crippen LogP contribution in [0.25, 0.3) is 11.0 Å². The zero-order chi connectivity index (χ0) is 20.9. The third-order valence-electron chi connectivity index (χ3n) is 5.74. The van der Waals surface area contributed by atoms with Gasteiger partial charge in [0.1, 0.15) is 11.6 Å². The maximum absolute atomic E-state index is 12.4. The molecule has 0 radical (unpaired) electrons. The predicted octanol–water partition coefficient (Wildman–Crippen LogP) is 4.57. The number of ether oxygens (including phenoxy) is 1. The van der Waals surface area contributed by atoms with Crippen LogP contribution in [0.1, 0.15) is 37.1 Å². The summed E-state index contributed by atoms with van der Waals surface area (Å²) in [4.78, 5) is 19.1. The second-order valence-corrected chi connectivity index (χ2v) is 7.80. The first kappa shape index (κ1) is 20.2. The van der Waals surface area contributed by atoms with Gasteiger partial charge in [-0.1, -0.05) is 37.3 Å². The second-order valence-electron chi connectivity index (χ2n) is 7.80. The van der Waals surface area contributed by atoms with E-state index in [1.54, 1.807) is 6.08 Å². The molecule has 0 N–H and O–H groups in total. The lowest BCUT2D eigenvalue weighted by Crippen LogP contribution is -2.25. The van der Waals surface area contributed by atoms with Gasteiger partial charge in [0.15, 0.2) is 0 Å². The third kappa shape index (κ3) is 4.25. The van der Waals surface area contributed by atoms with E-state index in [9.17, 15) is 4.79 Å². The lowest BCUT2D eigenvalue weighted by atomic mass is 10.1. The van der Waals surface area contributed by atoms with E-state index < -0.39 is 0 Å². The van der Waals surface area contributed by atoms with Gasteiger partial charge in [0, 0.05) is 32.0 Å². The van der Waals surface area contributed by atoms with Crippen molar-refractivity contribution in [3.8, 4) is 5.75 Å². The number of rotatable bonds is 9. The van der Waals surface area contributed by atoms with Crippen molar-refractivity contribution in [3.63, 3.8) is 0 Å². The normalized spacial score (nSPS) is 16.4. The molecule has 1 aromatic heterocycles. The van der Waals surface area contributed by atoms with Crippen molar-refractivity contribution in [2.24, 2.45) is 0 Å². The van der Waals surface area contributed by atoms with Crippen LogP contribution in [0.15, 0.2) is 61.2 Å². The van der Waals surface area contributed by atoms with Gasteiger partial charge in [-0.25, -0.2) is 4.98 Å². The molecule has 2 aromatic carbocycles. The highest BCUT2D eigenvalue weighted by atomic mass is 16.5. The van der Waals surface area contributed by atoms with E-state index in [0.29, 0.717) is 26.1 Å². The average Bonchev–Trinajstić information content (AvgIpc) is 3.32. The molecule has 1 saturated heterocycles. The monoisotopic (exact) mass is 403 g/mol. The molecule has 30 heavy (non-hydrogen) atoms. The highest BCUT2D eigenvalue weighted by molar-refractivity contribution is 5.81. The molecule has 1 fully saturated rings. The molecule has 2 heterocycles. The summed E-state index contributed by atoms with van der Waals surface area (Å²) >= 11 is 0. The van der Waals surface area contributed by atoms with Gasteiger partial charge < -0.3 is 14.2 Å². The third-order valence-corrected chi connectivity index (χ3v) is 5.74. The van der Waals surface area contributed by atoms with Crippen LogP contribution in [0.4, 0.5) is 0 Å². The molecule has 156 valence electrons. The summed E-state index contributed by atoms with van der Waals surface area (Å²) in [7, 11) is 0. The molecule has 1 amide bonds. The Labute approximate surface area is 178 Å². The van der Waals surface area contributed by atoms with E-state index in [4.69, 9.17) is 9.72 Å². The fourth-order valence-electron chi connectivity index (χ4n) is 4.15. The Balaban J connectivity index is 1.46. The van der Waals surface area contributed by atoms with Gasteiger partial charge in [-0.15, -0.1) is 6.58 Å². The molecule has 1 atom stereocenters. The molecule has 0 spiro atoms. The standard InChI is InChI=1S/C25H29N3O2/c1-3-14-27-18-20(17-24(27)29)25-26-22-8-5-6-9-23(22)28(25)15-7-16-30-21-12-10-19(4-2)11-13-21/h3,5-6,8-13,20H,1,4,7,14-18H2,2H3/t20-/m1/s1. The Hall–Kier alpha value is -3.08. The summed E-state index contributed by atoms with van der Waals surface area (Å²) in [6.07, 6.45) is 4.20. The fraction of sp³-hybridized carbons (Fsp3) is 0.360. The van der Waals surface area contributed by atoms with Crippen LogP contribution in [-0.4, -0.2) is 40.1 Å². The van der Waals surface area contributed by atoms with E-state index in [1.807, 2.05) is 35.2 Å². The largest absolute Gasteiger partial charge is 0.494 e. The molecular weight excluding hydrogens is 374 g/mol. The number of hydrogen-bond donors (Lipinski definition) is 0. The molecule has 4 rings (SSSR count). The minimum atomic E-state index is 0.118. The maximum Gasteiger partial charge on any atom is 0.223 e. The quantitative estimate of drug-likeness (QED) is 0.388. The number of aromatic nitrogens is 2. The lowest BCUT2D eigenvalue weighted by molar-refractivity contribution is -0.127. The van der Waals surface area contributed by atoms with Crippen molar-refractivity contribution in [1.29, 1.82) is 0 Å². The summed E-state index contributed by atoms with van der Waals surface area (Å²) in [6.45, 7) is 8.67. The van der Waals surface area contributed by atoms with Crippen molar-refractivity contribution in [1.82, 2.24) is 14.5 Å².